The predicted molar refractivity (Wildman–Crippen MR) is 146 cm³/mol. The van der Waals surface area contributed by atoms with Crippen LogP contribution in [-0.4, -0.2) is 28.0 Å². The predicted octanol–water partition coefficient (Wildman–Crippen LogP) is 5.44. The minimum atomic E-state index is -4.15. The number of hydrogen-bond donors (Lipinski definition) is 1. The molecule has 0 aliphatic heterocycles. The van der Waals surface area contributed by atoms with Crippen molar-refractivity contribution in [1.82, 2.24) is 0 Å². The van der Waals surface area contributed by atoms with Crippen LogP contribution >= 0.6 is 0 Å². The largest absolute Gasteiger partial charge is 0.494 e. The lowest BCUT2D eigenvalue weighted by Crippen LogP contribution is -2.13. The van der Waals surface area contributed by atoms with Gasteiger partial charge in [0.1, 0.15) is 22.3 Å². The molecule has 38 heavy (non-hydrogen) atoms. The molecule has 1 N–H and O–H groups in total. The van der Waals surface area contributed by atoms with Crippen LogP contribution in [0.3, 0.4) is 0 Å². The second-order valence-electron chi connectivity index (χ2n) is 8.14. The van der Waals surface area contributed by atoms with Crippen LogP contribution in [0.25, 0.3) is 6.08 Å². The van der Waals surface area contributed by atoms with Crippen molar-refractivity contribution < 1.29 is 26.9 Å². The fourth-order valence-electron chi connectivity index (χ4n) is 3.50. The van der Waals surface area contributed by atoms with Crippen LogP contribution in [0, 0.1) is 18.3 Å². The zero-order valence-corrected chi connectivity index (χ0v) is 22.2. The van der Waals surface area contributed by atoms with E-state index in [0.29, 0.717) is 29.2 Å². The molecule has 196 valence electrons. The summed E-state index contributed by atoms with van der Waals surface area (Å²) < 4.78 is 42.2. The van der Waals surface area contributed by atoms with Gasteiger partial charge in [0.25, 0.3) is 5.91 Å². The highest BCUT2D eigenvalue weighted by atomic mass is 32.2. The number of methoxy groups -OCH3 is 1. The normalized spacial score (nSPS) is 11.3. The number of allylic oxidation sites excluding steroid dienone is 1. The van der Waals surface area contributed by atoms with Gasteiger partial charge in [-0.05, 0) is 80.4 Å². The van der Waals surface area contributed by atoms with E-state index in [1.165, 1.54) is 31.4 Å². The van der Waals surface area contributed by atoms with Gasteiger partial charge in [-0.15, -0.1) is 6.58 Å². The molecule has 1 amide bonds. The van der Waals surface area contributed by atoms with Crippen LogP contribution in [0.15, 0.2) is 83.8 Å². The molecule has 0 aliphatic rings. The number of rotatable bonds is 11. The van der Waals surface area contributed by atoms with Gasteiger partial charge in [-0.25, -0.2) is 0 Å². The van der Waals surface area contributed by atoms with E-state index in [1.807, 2.05) is 19.9 Å². The number of ether oxygens (including phenoxy) is 2. The van der Waals surface area contributed by atoms with Gasteiger partial charge < -0.3 is 19.0 Å². The Bertz CT molecular complexity index is 1490. The van der Waals surface area contributed by atoms with Gasteiger partial charge in [0.15, 0.2) is 11.5 Å². The molecule has 0 atom stereocenters. The van der Waals surface area contributed by atoms with E-state index in [-0.39, 0.29) is 28.4 Å². The van der Waals surface area contributed by atoms with Gasteiger partial charge in [0, 0.05) is 11.3 Å². The monoisotopic (exact) mass is 532 g/mol. The van der Waals surface area contributed by atoms with Crippen molar-refractivity contribution in [2.45, 2.75) is 25.2 Å². The minimum absolute atomic E-state index is 0.00229. The Labute approximate surface area is 222 Å². The maximum atomic E-state index is 12.9. The third-order valence-corrected chi connectivity index (χ3v) is 6.58. The van der Waals surface area contributed by atoms with Gasteiger partial charge in [-0.1, -0.05) is 23.8 Å². The molecule has 3 rings (SSSR count). The van der Waals surface area contributed by atoms with Crippen molar-refractivity contribution in [1.29, 1.82) is 5.26 Å². The van der Waals surface area contributed by atoms with Crippen LogP contribution < -0.4 is 19.0 Å². The van der Waals surface area contributed by atoms with E-state index >= 15 is 0 Å². The van der Waals surface area contributed by atoms with Crippen LogP contribution in [0.2, 0.25) is 0 Å². The number of carbonyl (C=O) groups is 1. The minimum Gasteiger partial charge on any atom is -0.494 e. The maximum absolute atomic E-state index is 12.9. The molecule has 8 nitrogen and oxygen atoms in total. The van der Waals surface area contributed by atoms with Crippen molar-refractivity contribution in [2.24, 2.45) is 0 Å². The number of anilines is 1. The summed E-state index contributed by atoms with van der Waals surface area (Å²) in [6.45, 7) is 7.97. The molecular weight excluding hydrogens is 504 g/mol. The summed E-state index contributed by atoms with van der Waals surface area (Å²) >= 11 is 0. The number of aryl methyl sites for hydroxylation is 1. The number of benzene rings is 3. The van der Waals surface area contributed by atoms with Crippen molar-refractivity contribution in [3.63, 3.8) is 0 Å². The van der Waals surface area contributed by atoms with Gasteiger partial charge in [-0.2, -0.15) is 13.7 Å². The Morgan fingerprint density at radius 1 is 1.11 bits per heavy atom. The summed E-state index contributed by atoms with van der Waals surface area (Å²) in [4.78, 5) is 12.8. The Kier molecular flexibility index (Phi) is 9.30. The summed E-state index contributed by atoms with van der Waals surface area (Å²) in [7, 11) is -2.78. The Balaban J connectivity index is 1.94. The van der Waals surface area contributed by atoms with E-state index in [4.69, 9.17) is 13.7 Å². The van der Waals surface area contributed by atoms with Crippen LogP contribution in [0.4, 0.5) is 5.69 Å². The highest BCUT2D eigenvalue weighted by Gasteiger charge is 2.22. The fourth-order valence-corrected chi connectivity index (χ4v) is 4.47. The first-order valence-electron chi connectivity index (χ1n) is 11.7. The molecule has 0 fully saturated rings. The number of carbonyl (C=O) groups excluding carboxylic acids is 1. The lowest BCUT2D eigenvalue weighted by molar-refractivity contribution is -0.112. The number of amides is 1. The maximum Gasteiger partial charge on any atom is 0.339 e. The number of hydrogen-bond acceptors (Lipinski definition) is 7. The smallest absolute Gasteiger partial charge is 0.339 e. The second kappa shape index (κ2) is 12.6. The molecule has 0 aliphatic carbocycles. The average molecular weight is 533 g/mol. The van der Waals surface area contributed by atoms with Crippen LogP contribution in [0.5, 0.6) is 17.2 Å². The fraction of sp³-hybridized carbons (Fsp3) is 0.172. The van der Waals surface area contributed by atoms with Crippen LogP contribution in [0.1, 0.15) is 23.6 Å². The third kappa shape index (κ3) is 7.02. The summed E-state index contributed by atoms with van der Waals surface area (Å²) in [5, 5.41) is 12.3. The Morgan fingerprint density at radius 3 is 2.37 bits per heavy atom. The molecule has 0 saturated carbocycles. The lowest BCUT2D eigenvalue weighted by atomic mass is 10.0. The summed E-state index contributed by atoms with van der Waals surface area (Å²) in [6, 6.07) is 18.1. The Hall–Kier alpha value is -4.55. The lowest BCUT2D eigenvalue weighted by Gasteiger charge is -2.16. The van der Waals surface area contributed by atoms with Crippen LogP contribution in [-0.2, 0) is 21.3 Å². The molecule has 3 aromatic rings. The SMILES string of the molecule is C=CCc1cc(/C=C(\C#N)C(=O)Nc2ccc(OCC)cc2)cc(OC)c1OS(=O)(=O)c1ccc(C)cc1. The Morgan fingerprint density at radius 2 is 1.79 bits per heavy atom. The van der Waals surface area contributed by atoms with E-state index in [2.05, 4.69) is 11.9 Å². The van der Waals surface area contributed by atoms with E-state index in [9.17, 15) is 18.5 Å². The van der Waals surface area contributed by atoms with E-state index in [1.54, 1.807) is 48.5 Å². The van der Waals surface area contributed by atoms with Crippen molar-refractivity contribution in [2.75, 3.05) is 19.0 Å². The molecule has 0 spiro atoms. The van der Waals surface area contributed by atoms with Gasteiger partial charge in [0.2, 0.25) is 0 Å². The summed E-state index contributed by atoms with van der Waals surface area (Å²) in [6.07, 6.45) is 3.21. The third-order valence-electron chi connectivity index (χ3n) is 5.34. The molecule has 0 aromatic heterocycles. The first-order chi connectivity index (χ1) is 18.2. The molecule has 0 bridgehead atoms. The second-order valence-corrected chi connectivity index (χ2v) is 9.68. The highest BCUT2D eigenvalue weighted by molar-refractivity contribution is 7.87. The molecule has 0 saturated heterocycles. The van der Waals surface area contributed by atoms with Gasteiger partial charge >= 0.3 is 10.1 Å². The standard InChI is InChI=1S/C29H28N2O6S/c1-5-7-22-16-21(17-23(19-30)29(32)31-24-10-12-25(13-11-24)36-6-2)18-27(35-4)28(22)37-38(33,34)26-14-8-20(3)9-15-26/h5,8-18H,1,6-7H2,2-4H3,(H,31,32)/b23-17+. The van der Waals surface area contributed by atoms with Crippen molar-refractivity contribution >= 4 is 27.8 Å². The quantitative estimate of drug-likeness (QED) is 0.151. The number of nitrogens with zero attached hydrogens (tertiary/aromatic N) is 1. The van der Waals surface area contributed by atoms with Crippen molar-refractivity contribution in [3.8, 4) is 23.3 Å². The highest BCUT2D eigenvalue weighted by Crippen LogP contribution is 2.36. The summed E-state index contributed by atoms with van der Waals surface area (Å²) in [5.74, 6) is 0.177. The first kappa shape index (κ1) is 28.0. The topological polar surface area (TPSA) is 115 Å². The molecular formula is C29H28N2O6S. The van der Waals surface area contributed by atoms with Gasteiger partial charge in [0.05, 0.1) is 13.7 Å². The molecule has 0 radical (unpaired) electrons. The number of nitrogens with one attached hydrogen (secondary N) is 1. The van der Waals surface area contributed by atoms with Crippen molar-refractivity contribution in [3.05, 3.63) is 95.6 Å². The number of nitriles is 1. The van der Waals surface area contributed by atoms with Gasteiger partial charge in [-0.3, -0.25) is 4.79 Å². The van der Waals surface area contributed by atoms with E-state index in [0.717, 1.165) is 5.56 Å². The molecule has 3 aromatic carbocycles. The van der Waals surface area contributed by atoms with E-state index < -0.39 is 16.0 Å². The summed E-state index contributed by atoms with van der Waals surface area (Å²) in [5.41, 5.74) is 2.13. The molecule has 0 heterocycles. The zero-order chi connectivity index (χ0) is 27.7. The zero-order valence-electron chi connectivity index (χ0n) is 21.4. The average Bonchev–Trinajstić information content (AvgIpc) is 2.90. The first-order valence-corrected chi connectivity index (χ1v) is 13.1. The molecule has 0 unspecified atom stereocenters. The molecule has 9 heteroatoms.